The number of fused-ring (bicyclic) bond motifs is 2. The average molecular weight is 425 g/mol. The van der Waals surface area contributed by atoms with Gasteiger partial charge < -0.3 is 23.8 Å². The predicted octanol–water partition coefficient (Wildman–Crippen LogP) is 3.33. The number of carbonyl (C=O) groups excluding carboxylic acids is 2. The Kier molecular flexibility index (Phi) is 5.76. The minimum Gasteiger partial charge on any atom is -0.493 e. The van der Waals surface area contributed by atoms with Crippen LogP contribution in [0.5, 0.6) is 17.2 Å². The van der Waals surface area contributed by atoms with Crippen LogP contribution in [0.15, 0.2) is 36.4 Å². The van der Waals surface area contributed by atoms with Crippen LogP contribution in [0, 0.1) is 0 Å². The number of amides is 1. The highest BCUT2D eigenvalue weighted by atomic mass is 16.6. The van der Waals surface area contributed by atoms with E-state index in [-0.39, 0.29) is 11.9 Å². The lowest BCUT2D eigenvalue weighted by Gasteiger charge is -2.39. The van der Waals surface area contributed by atoms with E-state index in [9.17, 15) is 9.59 Å². The minimum absolute atomic E-state index is 0.0244. The molecule has 7 heteroatoms. The van der Waals surface area contributed by atoms with Crippen LogP contribution in [0.25, 0.3) is 0 Å². The Morgan fingerprint density at radius 1 is 1.06 bits per heavy atom. The highest BCUT2D eigenvalue weighted by Gasteiger charge is 2.48. The van der Waals surface area contributed by atoms with E-state index < -0.39 is 5.60 Å². The SMILES string of the molecule is COc1ccc(CCC(=O)N2CCCC3(C2)OC(=O)c2ccccc23)c(OC)c1OC. The maximum atomic E-state index is 13.1. The smallest absolute Gasteiger partial charge is 0.339 e. The van der Waals surface area contributed by atoms with Gasteiger partial charge in [0.05, 0.1) is 33.4 Å². The first kappa shape index (κ1) is 21.0. The van der Waals surface area contributed by atoms with Crippen LogP contribution in [0.1, 0.15) is 40.7 Å². The van der Waals surface area contributed by atoms with Crippen LogP contribution >= 0.6 is 0 Å². The number of aryl methyl sites for hydroxylation is 1. The molecule has 2 heterocycles. The zero-order valence-corrected chi connectivity index (χ0v) is 18.1. The fourth-order valence-corrected chi connectivity index (χ4v) is 4.64. The minimum atomic E-state index is -0.734. The molecule has 0 radical (unpaired) electrons. The van der Waals surface area contributed by atoms with Gasteiger partial charge in [-0.05, 0) is 37.0 Å². The van der Waals surface area contributed by atoms with E-state index in [0.29, 0.717) is 48.7 Å². The van der Waals surface area contributed by atoms with Crippen molar-refractivity contribution in [2.24, 2.45) is 0 Å². The third-order valence-corrected chi connectivity index (χ3v) is 6.13. The Morgan fingerprint density at radius 2 is 1.84 bits per heavy atom. The summed E-state index contributed by atoms with van der Waals surface area (Å²) in [5.74, 6) is 1.38. The van der Waals surface area contributed by atoms with Crippen LogP contribution < -0.4 is 14.2 Å². The van der Waals surface area contributed by atoms with Gasteiger partial charge in [0.2, 0.25) is 11.7 Å². The fourth-order valence-electron chi connectivity index (χ4n) is 4.64. The van der Waals surface area contributed by atoms with E-state index in [1.165, 1.54) is 0 Å². The van der Waals surface area contributed by atoms with Crippen molar-refractivity contribution in [3.05, 3.63) is 53.1 Å². The lowest BCUT2D eigenvalue weighted by Crippen LogP contribution is -2.48. The molecule has 0 saturated carbocycles. The summed E-state index contributed by atoms with van der Waals surface area (Å²) >= 11 is 0. The van der Waals surface area contributed by atoms with Crippen molar-refractivity contribution in [3.63, 3.8) is 0 Å². The van der Waals surface area contributed by atoms with Gasteiger partial charge in [0, 0.05) is 18.5 Å². The zero-order chi connectivity index (χ0) is 22.0. The van der Waals surface area contributed by atoms with Gasteiger partial charge >= 0.3 is 5.97 Å². The molecule has 1 atom stereocenters. The summed E-state index contributed by atoms with van der Waals surface area (Å²) in [6.07, 6.45) is 2.33. The molecular weight excluding hydrogens is 398 g/mol. The van der Waals surface area contributed by atoms with Crippen molar-refractivity contribution in [3.8, 4) is 17.2 Å². The van der Waals surface area contributed by atoms with E-state index in [1.54, 1.807) is 27.4 Å². The number of rotatable bonds is 6. The molecule has 7 nitrogen and oxygen atoms in total. The van der Waals surface area contributed by atoms with Crippen LogP contribution in [0.3, 0.4) is 0 Å². The van der Waals surface area contributed by atoms with Crippen molar-refractivity contribution in [2.45, 2.75) is 31.3 Å². The van der Waals surface area contributed by atoms with Gasteiger partial charge in [-0.2, -0.15) is 0 Å². The largest absolute Gasteiger partial charge is 0.493 e. The van der Waals surface area contributed by atoms with Gasteiger partial charge in [-0.3, -0.25) is 4.79 Å². The van der Waals surface area contributed by atoms with Gasteiger partial charge in [-0.1, -0.05) is 24.3 Å². The van der Waals surface area contributed by atoms with Crippen molar-refractivity contribution in [2.75, 3.05) is 34.4 Å². The molecular formula is C24H27NO6. The summed E-state index contributed by atoms with van der Waals surface area (Å²) < 4.78 is 22.1. The second-order valence-electron chi connectivity index (χ2n) is 7.84. The topological polar surface area (TPSA) is 74.3 Å². The summed E-state index contributed by atoms with van der Waals surface area (Å²) in [4.78, 5) is 27.2. The van der Waals surface area contributed by atoms with Crippen LogP contribution in [-0.2, 0) is 21.6 Å². The van der Waals surface area contributed by atoms with Gasteiger partial charge in [0.1, 0.15) is 0 Å². The van der Waals surface area contributed by atoms with Crippen molar-refractivity contribution < 1.29 is 28.5 Å². The number of carbonyl (C=O) groups is 2. The summed E-state index contributed by atoms with van der Waals surface area (Å²) in [5, 5.41) is 0. The Labute approximate surface area is 181 Å². The molecule has 31 heavy (non-hydrogen) atoms. The number of likely N-dealkylation sites (tertiary alicyclic amines) is 1. The second-order valence-corrected chi connectivity index (χ2v) is 7.84. The van der Waals surface area contributed by atoms with Gasteiger partial charge in [-0.15, -0.1) is 0 Å². The van der Waals surface area contributed by atoms with Crippen LogP contribution in [0.2, 0.25) is 0 Å². The van der Waals surface area contributed by atoms with Crippen molar-refractivity contribution in [1.82, 2.24) is 4.90 Å². The molecule has 0 aliphatic carbocycles. The number of hydrogen-bond acceptors (Lipinski definition) is 6. The van der Waals surface area contributed by atoms with Crippen LogP contribution in [0.4, 0.5) is 0 Å². The lowest BCUT2D eigenvalue weighted by molar-refractivity contribution is -0.138. The van der Waals surface area contributed by atoms with Crippen LogP contribution in [-0.4, -0.2) is 51.2 Å². The predicted molar refractivity (Wildman–Crippen MR) is 114 cm³/mol. The molecule has 2 aromatic carbocycles. The molecule has 1 fully saturated rings. The van der Waals surface area contributed by atoms with E-state index >= 15 is 0 Å². The molecule has 2 aromatic rings. The van der Waals surface area contributed by atoms with E-state index in [2.05, 4.69) is 0 Å². The number of ether oxygens (including phenoxy) is 4. The average Bonchev–Trinajstić information content (AvgIpc) is 3.07. The summed E-state index contributed by atoms with van der Waals surface area (Å²) in [7, 11) is 4.70. The Morgan fingerprint density at radius 3 is 2.58 bits per heavy atom. The highest BCUT2D eigenvalue weighted by molar-refractivity contribution is 5.95. The van der Waals surface area contributed by atoms with Gasteiger partial charge in [-0.25, -0.2) is 4.79 Å². The Hall–Kier alpha value is -3.22. The normalized spacial score (nSPS) is 19.7. The summed E-state index contributed by atoms with van der Waals surface area (Å²) in [5.41, 5.74) is 1.63. The molecule has 2 aliphatic rings. The standard InChI is InChI=1S/C24H27NO6/c1-28-19-11-9-16(21(29-2)22(19)30-3)10-12-20(26)25-14-6-13-24(15-25)18-8-5-4-7-17(18)23(27)31-24/h4-5,7-9,11H,6,10,12-15H2,1-3H3. The Balaban J connectivity index is 1.49. The maximum Gasteiger partial charge on any atom is 0.339 e. The first-order valence-corrected chi connectivity index (χ1v) is 10.4. The maximum absolute atomic E-state index is 13.1. The number of benzene rings is 2. The number of hydrogen-bond donors (Lipinski definition) is 0. The third kappa shape index (κ3) is 3.69. The molecule has 0 aromatic heterocycles. The summed E-state index contributed by atoms with van der Waals surface area (Å²) in [6, 6.07) is 11.2. The van der Waals surface area contributed by atoms with E-state index in [4.69, 9.17) is 18.9 Å². The molecule has 0 bridgehead atoms. The molecule has 2 aliphatic heterocycles. The van der Waals surface area contributed by atoms with Gasteiger partial charge in [0.15, 0.2) is 17.1 Å². The summed E-state index contributed by atoms with van der Waals surface area (Å²) in [6.45, 7) is 1.04. The molecule has 1 saturated heterocycles. The molecule has 164 valence electrons. The Bertz CT molecular complexity index is 1000. The fraction of sp³-hybridized carbons (Fsp3) is 0.417. The number of nitrogens with zero attached hydrogens (tertiary/aromatic N) is 1. The first-order valence-electron chi connectivity index (χ1n) is 10.4. The molecule has 1 spiro atoms. The highest BCUT2D eigenvalue weighted by Crippen LogP contribution is 2.43. The number of methoxy groups -OCH3 is 3. The lowest BCUT2D eigenvalue weighted by atomic mass is 9.85. The third-order valence-electron chi connectivity index (χ3n) is 6.13. The van der Waals surface area contributed by atoms with E-state index in [0.717, 1.165) is 24.0 Å². The van der Waals surface area contributed by atoms with Gasteiger partial charge in [0.25, 0.3) is 0 Å². The first-order chi connectivity index (χ1) is 15.0. The number of piperidine rings is 1. The monoisotopic (exact) mass is 425 g/mol. The van der Waals surface area contributed by atoms with Crippen molar-refractivity contribution >= 4 is 11.9 Å². The molecule has 1 amide bonds. The zero-order valence-electron chi connectivity index (χ0n) is 18.1. The van der Waals surface area contributed by atoms with E-state index in [1.807, 2.05) is 35.2 Å². The molecule has 4 rings (SSSR count). The van der Waals surface area contributed by atoms with Crippen molar-refractivity contribution in [1.29, 1.82) is 0 Å². The molecule has 0 N–H and O–H groups in total. The molecule has 1 unspecified atom stereocenters. The quantitative estimate of drug-likeness (QED) is 0.661. The number of esters is 1. The second kappa shape index (κ2) is 8.49.